The zero-order chi connectivity index (χ0) is 21.7. The van der Waals surface area contributed by atoms with Crippen LogP contribution in [0.1, 0.15) is 35.5 Å². The number of rotatable bonds is 10. The van der Waals surface area contributed by atoms with Crippen molar-refractivity contribution in [2.24, 2.45) is 22.2 Å². The lowest BCUT2D eigenvalue weighted by Gasteiger charge is -2.30. The van der Waals surface area contributed by atoms with E-state index in [4.69, 9.17) is 17.2 Å². The number of thiazole rings is 1. The first-order valence-electron chi connectivity index (χ1n) is 9.66. The van der Waals surface area contributed by atoms with E-state index < -0.39 is 18.0 Å². The molecule has 3 rings (SSSR count). The van der Waals surface area contributed by atoms with Gasteiger partial charge in [-0.05, 0) is 50.4 Å². The van der Waals surface area contributed by atoms with Crippen molar-refractivity contribution in [1.29, 1.82) is 0 Å². The number of benzene rings is 1. The van der Waals surface area contributed by atoms with Crippen molar-refractivity contribution in [3.05, 3.63) is 23.2 Å². The van der Waals surface area contributed by atoms with Crippen LogP contribution < -0.4 is 22.5 Å². The summed E-state index contributed by atoms with van der Waals surface area (Å²) in [5.41, 5.74) is 17.6. The van der Waals surface area contributed by atoms with E-state index in [1.54, 1.807) is 18.2 Å². The van der Waals surface area contributed by atoms with Gasteiger partial charge in [-0.25, -0.2) is 4.98 Å². The van der Waals surface area contributed by atoms with Gasteiger partial charge in [0, 0.05) is 12.2 Å². The number of ketones is 1. The first-order chi connectivity index (χ1) is 14.4. The number of likely N-dealkylation sites (tertiary alicyclic amines) is 1. The second kappa shape index (κ2) is 9.63. The molecule has 30 heavy (non-hydrogen) atoms. The molecule has 2 atom stereocenters. The number of aromatic nitrogens is 1. The van der Waals surface area contributed by atoms with Crippen LogP contribution in [0, 0.1) is 0 Å². The van der Waals surface area contributed by atoms with E-state index in [9.17, 15) is 14.4 Å². The van der Waals surface area contributed by atoms with Crippen LogP contribution in [-0.2, 0) is 9.59 Å². The fourth-order valence-electron chi connectivity index (χ4n) is 3.74. The third-order valence-electron chi connectivity index (χ3n) is 5.08. The fraction of sp³-hybridized carbons (Fsp3) is 0.421. The maximum absolute atomic E-state index is 13.4. The lowest BCUT2D eigenvalue weighted by Crippen LogP contribution is -2.49. The molecule has 0 saturated carbocycles. The van der Waals surface area contributed by atoms with Crippen molar-refractivity contribution >= 4 is 51.3 Å². The highest BCUT2D eigenvalue weighted by Crippen LogP contribution is 2.29. The standard InChI is InChI=1S/C19H25N7O3S/c20-17(29)14-4-2-8-26(14)13(3-1-7-23-19(21)22)16(28)18-25-12-6-5-11(24-10-27)9-15(12)30-18/h5-6,9-10,13-14H,1-4,7-8H2,(H2,20,29)(H,24,27)(H4,21,22,23)/t13-,14-/m0/s1. The molecular weight excluding hydrogens is 406 g/mol. The molecule has 0 aliphatic carbocycles. The Morgan fingerprint density at radius 2 is 2.17 bits per heavy atom. The van der Waals surface area contributed by atoms with E-state index in [0.717, 1.165) is 11.1 Å². The summed E-state index contributed by atoms with van der Waals surface area (Å²) >= 11 is 1.26. The van der Waals surface area contributed by atoms with Crippen LogP contribution in [0.2, 0.25) is 0 Å². The number of hydrogen-bond donors (Lipinski definition) is 4. The predicted molar refractivity (Wildman–Crippen MR) is 116 cm³/mol. The summed E-state index contributed by atoms with van der Waals surface area (Å²) in [5.74, 6) is -0.581. The summed E-state index contributed by atoms with van der Waals surface area (Å²) in [7, 11) is 0. The number of carbonyl (C=O) groups is 3. The number of hydrogen-bond acceptors (Lipinski definition) is 7. The van der Waals surface area contributed by atoms with Crippen molar-refractivity contribution in [3.63, 3.8) is 0 Å². The number of carbonyl (C=O) groups excluding carboxylic acids is 3. The van der Waals surface area contributed by atoms with Crippen LogP contribution in [0.15, 0.2) is 23.2 Å². The zero-order valence-electron chi connectivity index (χ0n) is 16.4. The second-order valence-electron chi connectivity index (χ2n) is 7.09. The smallest absolute Gasteiger partial charge is 0.234 e. The van der Waals surface area contributed by atoms with Gasteiger partial charge < -0.3 is 22.5 Å². The molecule has 1 aliphatic rings. The maximum atomic E-state index is 13.4. The Bertz CT molecular complexity index is 970. The van der Waals surface area contributed by atoms with Gasteiger partial charge in [-0.15, -0.1) is 11.3 Å². The minimum atomic E-state index is -0.535. The quantitative estimate of drug-likeness (QED) is 0.139. The van der Waals surface area contributed by atoms with E-state index >= 15 is 0 Å². The Hall–Kier alpha value is -3.05. The van der Waals surface area contributed by atoms with Crippen LogP contribution in [-0.4, -0.2) is 59.1 Å². The van der Waals surface area contributed by atoms with E-state index in [2.05, 4.69) is 15.3 Å². The number of guanidine groups is 1. The summed E-state index contributed by atoms with van der Waals surface area (Å²) in [4.78, 5) is 46.3. The van der Waals surface area contributed by atoms with Crippen LogP contribution in [0.3, 0.4) is 0 Å². The van der Waals surface area contributed by atoms with Gasteiger partial charge in [-0.2, -0.15) is 0 Å². The highest BCUT2D eigenvalue weighted by atomic mass is 32.1. The SMILES string of the molecule is NC(=O)[C@@H]1CCCN1[C@@H](CCCN=C(N)N)C(=O)c1nc2ccc(NC=O)cc2s1. The van der Waals surface area contributed by atoms with Gasteiger partial charge in [0.15, 0.2) is 11.0 Å². The average Bonchev–Trinajstić information content (AvgIpc) is 3.34. The second-order valence-corrected chi connectivity index (χ2v) is 8.12. The molecule has 0 radical (unpaired) electrons. The number of fused-ring (bicyclic) bond motifs is 1. The van der Waals surface area contributed by atoms with Gasteiger partial charge >= 0.3 is 0 Å². The molecule has 160 valence electrons. The molecule has 10 nitrogen and oxygen atoms in total. The van der Waals surface area contributed by atoms with E-state index in [1.165, 1.54) is 11.3 Å². The van der Waals surface area contributed by atoms with Gasteiger partial charge in [0.25, 0.3) is 0 Å². The minimum Gasteiger partial charge on any atom is -0.370 e. The van der Waals surface area contributed by atoms with Crippen molar-refractivity contribution in [1.82, 2.24) is 9.88 Å². The Kier molecular flexibility index (Phi) is 6.95. The van der Waals surface area contributed by atoms with E-state index in [0.29, 0.717) is 55.0 Å². The predicted octanol–water partition coefficient (Wildman–Crippen LogP) is 0.419. The number of nitrogens with two attached hydrogens (primary N) is 3. The number of amides is 2. The van der Waals surface area contributed by atoms with Crippen molar-refractivity contribution in [3.8, 4) is 0 Å². The lowest BCUT2D eigenvalue weighted by molar-refractivity contribution is -0.122. The molecule has 7 N–H and O–H groups in total. The topological polar surface area (TPSA) is 170 Å². The third kappa shape index (κ3) is 4.92. The van der Waals surface area contributed by atoms with Crippen molar-refractivity contribution in [2.75, 3.05) is 18.4 Å². The summed E-state index contributed by atoms with van der Waals surface area (Å²) in [6, 6.07) is 4.24. The monoisotopic (exact) mass is 431 g/mol. The first-order valence-corrected chi connectivity index (χ1v) is 10.5. The zero-order valence-corrected chi connectivity index (χ0v) is 17.2. The maximum Gasteiger partial charge on any atom is 0.234 e. The van der Waals surface area contributed by atoms with Gasteiger partial charge in [0.2, 0.25) is 18.1 Å². The molecule has 1 aromatic heterocycles. The molecule has 1 aliphatic heterocycles. The Morgan fingerprint density at radius 3 is 2.87 bits per heavy atom. The molecule has 1 saturated heterocycles. The van der Waals surface area contributed by atoms with Crippen LogP contribution in [0.4, 0.5) is 5.69 Å². The molecule has 0 bridgehead atoms. The number of anilines is 1. The molecular formula is C19H25N7O3S. The summed E-state index contributed by atoms with van der Waals surface area (Å²) < 4.78 is 0.789. The Balaban J connectivity index is 1.86. The molecule has 2 aromatic rings. The van der Waals surface area contributed by atoms with Gasteiger partial charge in [-0.1, -0.05) is 0 Å². The van der Waals surface area contributed by atoms with Crippen LogP contribution >= 0.6 is 11.3 Å². The highest BCUT2D eigenvalue weighted by Gasteiger charge is 2.38. The third-order valence-corrected chi connectivity index (χ3v) is 6.11. The summed E-state index contributed by atoms with van der Waals surface area (Å²) in [6.07, 6.45) is 3.08. The first kappa shape index (κ1) is 21.7. The number of aliphatic imine (C=N–C) groups is 1. The molecule has 1 aromatic carbocycles. The summed E-state index contributed by atoms with van der Waals surface area (Å²) in [5, 5.41) is 2.94. The number of nitrogens with zero attached hydrogens (tertiary/aromatic N) is 3. The molecule has 2 amide bonds. The summed E-state index contributed by atoms with van der Waals surface area (Å²) in [6.45, 7) is 1.01. The Morgan fingerprint density at radius 1 is 1.37 bits per heavy atom. The van der Waals surface area contributed by atoms with Crippen molar-refractivity contribution in [2.45, 2.75) is 37.8 Å². The highest BCUT2D eigenvalue weighted by molar-refractivity contribution is 7.20. The van der Waals surface area contributed by atoms with E-state index in [-0.39, 0.29) is 11.7 Å². The number of Topliss-reactive ketones (excluding diaryl/α,β-unsaturated/α-hetero) is 1. The molecule has 1 fully saturated rings. The average molecular weight is 432 g/mol. The largest absolute Gasteiger partial charge is 0.370 e. The molecule has 0 spiro atoms. The van der Waals surface area contributed by atoms with Gasteiger partial charge in [-0.3, -0.25) is 24.3 Å². The lowest BCUT2D eigenvalue weighted by atomic mass is 10.0. The van der Waals surface area contributed by atoms with Crippen molar-refractivity contribution < 1.29 is 14.4 Å². The van der Waals surface area contributed by atoms with Crippen LogP contribution in [0.25, 0.3) is 10.2 Å². The molecule has 11 heteroatoms. The Labute approximate surface area is 177 Å². The molecule has 2 heterocycles. The van der Waals surface area contributed by atoms with Gasteiger partial charge in [0.1, 0.15) is 0 Å². The normalized spacial score (nSPS) is 17.5. The molecule has 0 unspecified atom stereocenters. The van der Waals surface area contributed by atoms with Crippen LogP contribution in [0.5, 0.6) is 0 Å². The van der Waals surface area contributed by atoms with Gasteiger partial charge in [0.05, 0.1) is 22.3 Å². The fourth-order valence-corrected chi connectivity index (χ4v) is 4.73. The number of nitrogens with one attached hydrogen (secondary N) is 1. The minimum absolute atomic E-state index is 0.0000255. The number of primary amides is 1. The van der Waals surface area contributed by atoms with E-state index in [1.807, 2.05) is 4.90 Å².